The molecule has 0 amide bonds. The normalized spacial score (nSPS) is 23.1. The number of hydrogen-bond acceptors (Lipinski definition) is 3. The first-order valence-electron chi connectivity index (χ1n) is 6.99. The molecular weight excluding hydrogens is 260 g/mol. The summed E-state index contributed by atoms with van der Waals surface area (Å²) in [4.78, 5) is 2.23. The van der Waals surface area contributed by atoms with Gasteiger partial charge in [0.2, 0.25) is 0 Å². The highest BCUT2D eigenvalue weighted by molar-refractivity contribution is 6.31. The van der Waals surface area contributed by atoms with Gasteiger partial charge < -0.3 is 15.3 Å². The summed E-state index contributed by atoms with van der Waals surface area (Å²) in [5, 5.41) is 14.3. The van der Waals surface area contributed by atoms with Gasteiger partial charge in [-0.2, -0.15) is 0 Å². The second kappa shape index (κ2) is 6.12. The van der Waals surface area contributed by atoms with E-state index in [2.05, 4.69) is 23.2 Å². The molecule has 0 bridgehead atoms. The zero-order chi connectivity index (χ0) is 13.9. The predicted octanol–water partition coefficient (Wildman–Crippen LogP) is 2.80. The van der Waals surface area contributed by atoms with Gasteiger partial charge in [0.05, 0.1) is 5.60 Å². The van der Waals surface area contributed by atoms with Gasteiger partial charge in [-0.1, -0.05) is 24.6 Å². The lowest BCUT2D eigenvalue weighted by molar-refractivity contribution is 0.0839. The minimum Gasteiger partial charge on any atom is -0.388 e. The van der Waals surface area contributed by atoms with E-state index in [0.29, 0.717) is 6.54 Å². The average Bonchev–Trinajstić information content (AvgIpc) is 2.72. The second-order valence-corrected chi connectivity index (χ2v) is 5.99. The van der Waals surface area contributed by atoms with Crippen LogP contribution >= 0.6 is 11.6 Å². The maximum Gasteiger partial charge on any atom is 0.0810 e. The van der Waals surface area contributed by atoms with Gasteiger partial charge in [0.1, 0.15) is 0 Å². The van der Waals surface area contributed by atoms with Crippen LogP contribution in [0, 0.1) is 0 Å². The van der Waals surface area contributed by atoms with Crippen LogP contribution in [0.15, 0.2) is 18.2 Å². The molecule has 106 valence electrons. The molecule has 2 rings (SSSR count). The third-order valence-electron chi connectivity index (χ3n) is 3.62. The first-order chi connectivity index (χ1) is 9.03. The van der Waals surface area contributed by atoms with Gasteiger partial charge in [0.25, 0.3) is 0 Å². The van der Waals surface area contributed by atoms with Crippen molar-refractivity contribution in [3.63, 3.8) is 0 Å². The first-order valence-corrected chi connectivity index (χ1v) is 7.37. The van der Waals surface area contributed by atoms with Gasteiger partial charge in [-0.15, -0.1) is 0 Å². The molecule has 0 spiro atoms. The zero-order valence-corrected chi connectivity index (χ0v) is 12.5. The minimum absolute atomic E-state index is 0.587. The molecule has 0 saturated carbocycles. The van der Waals surface area contributed by atoms with Crippen molar-refractivity contribution in [2.45, 2.75) is 38.8 Å². The maximum absolute atomic E-state index is 10.1. The highest BCUT2D eigenvalue weighted by atomic mass is 35.5. The molecule has 4 heteroatoms. The lowest BCUT2D eigenvalue weighted by Gasteiger charge is -2.24. The van der Waals surface area contributed by atoms with Gasteiger partial charge in [0, 0.05) is 35.9 Å². The van der Waals surface area contributed by atoms with Crippen LogP contribution in [0.5, 0.6) is 0 Å². The van der Waals surface area contributed by atoms with Crippen molar-refractivity contribution in [1.29, 1.82) is 0 Å². The Labute approximate surface area is 120 Å². The topological polar surface area (TPSA) is 35.5 Å². The van der Waals surface area contributed by atoms with E-state index in [1.165, 1.54) is 0 Å². The molecule has 1 saturated heterocycles. The predicted molar refractivity (Wildman–Crippen MR) is 80.9 cm³/mol. The number of nitrogens with zero attached hydrogens (tertiary/aromatic N) is 1. The molecule has 1 aliphatic heterocycles. The summed E-state index contributed by atoms with van der Waals surface area (Å²) in [6.45, 7) is 7.37. The van der Waals surface area contributed by atoms with Gasteiger partial charge in [-0.25, -0.2) is 0 Å². The number of β-amino-alcohol motifs (C(OH)–C–C–N with tert-alkyl or cyclic N) is 1. The number of hydrogen-bond donors (Lipinski definition) is 2. The lowest BCUT2D eigenvalue weighted by Crippen LogP contribution is -2.30. The third-order valence-corrected chi connectivity index (χ3v) is 3.97. The fraction of sp³-hybridized carbons (Fsp3) is 0.600. The number of rotatable bonds is 5. The van der Waals surface area contributed by atoms with Crippen molar-refractivity contribution in [2.75, 3.05) is 24.5 Å². The van der Waals surface area contributed by atoms with Gasteiger partial charge in [-0.05, 0) is 38.4 Å². The minimum atomic E-state index is -0.587. The summed E-state index contributed by atoms with van der Waals surface area (Å²) >= 11 is 6.33. The molecule has 1 heterocycles. The molecule has 0 aromatic heterocycles. The van der Waals surface area contributed by atoms with Crippen LogP contribution in [0.3, 0.4) is 0 Å². The van der Waals surface area contributed by atoms with Crippen LogP contribution < -0.4 is 10.2 Å². The summed E-state index contributed by atoms with van der Waals surface area (Å²) in [7, 11) is 0. The number of nitrogens with one attached hydrogen (secondary N) is 1. The van der Waals surface area contributed by atoms with Crippen LogP contribution in [0.25, 0.3) is 0 Å². The van der Waals surface area contributed by atoms with Crippen molar-refractivity contribution >= 4 is 17.3 Å². The summed E-state index contributed by atoms with van der Waals surface area (Å²) in [5.41, 5.74) is 1.69. The summed E-state index contributed by atoms with van der Waals surface area (Å²) in [6, 6.07) is 6.01. The first kappa shape index (κ1) is 14.6. The highest BCUT2D eigenvalue weighted by Crippen LogP contribution is 2.32. The number of aliphatic hydroxyl groups is 1. The van der Waals surface area contributed by atoms with E-state index < -0.39 is 5.60 Å². The molecule has 1 atom stereocenters. The van der Waals surface area contributed by atoms with Crippen LogP contribution in [0.1, 0.15) is 32.3 Å². The molecule has 3 nitrogen and oxygen atoms in total. The van der Waals surface area contributed by atoms with Crippen molar-refractivity contribution in [3.05, 3.63) is 28.8 Å². The highest BCUT2D eigenvalue weighted by Gasteiger charge is 2.32. The van der Waals surface area contributed by atoms with Gasteiger partial charge in [0.15, 0.2) is 0 Å². The van der Waals surface area contributed by atoms with Crippen molar-refractivity contribution in [3.8, 4) is 0 Å². The Hall–Kier alpha value is -0.770. The zero-order valence-electron chi connectivity index (χ0n) is 11.7. The fourth-order valence-corrected chi connectivity index (χ4v) is 2.80. The van der Waals surface area contributed by atoms with Gasteiger partial charge in [-0.3, -0.25) is 0 Å². The molecule has 2 N–H and O–H groups in total. The van der Waals surface area contributed by atoms with Crippen molar-refractivity contribution < 1.29 is 5.11 Å². The maximum atomic E-state index is 10.1. The number of anilines is 1. The number of benzene rings is 1. The largest absolute Gasteiger partial charge is 0.388 e. The molecule has 0 radical (unpaired) electrons. The Balaban J connectivity index is 2.17. The van der Waals surface area contributed by atoms with E-state index in [1.54, 1.807) is 0 Å². The van der Waals surface area contributed by atoms with Crippen molar-refractivity contribution in [1.82, 2.24) is 5.32 Å². The quantitative estimate of drug-likeness (QED) is 0.815. The molecule has 19 heavy (non-hydrogen) atoms. The Kier molecular flexibility index (Phi) is 4.71. The molecule has 1 aromatic carbocycles. The van der Waals surface area contributed by atoms with E-state index in [0.717, 1.165) is 48.7 Å². The standard InChI is InChI=1S/C15H23ClN2O/c1-3-8-17-10-12-13(16)5-4-6-14(12)18-9-7-15(2,19)11-18/h4-6,17,19H,3,7-11H2,1-2H3. The van der Waals surface area contributed by atoms with Gasteiger partial charge >= 0.3 is 0 Å². The van der Waals surface area contributed by atoms with Crippen molar-refractivity contribution in [2.24, 2.45) is 0 Å². The number of halogens is 1. The monoisotopic (exact) mass is 282 g/mol. The second-order valence-electron chi connectivity index (χ2n) is 5.58. The van der Waals surface area contributed by atoms with Crippen LogP contribution in [0.4, 0.5) is 5.69 Å². The Morgan fingerprint density at radius 2 is 2.26 bits per heavy atom. The van der Waals surface area contributed by atoms with Crippen LogP contribution in [-0.4, -0.2) is 30.3 Å². The van der Waals surface area contributed by atoms with Crippen LogP contribution in [0.2, 0.25) is 5.02 Å². The van der Waals surface area contributed by atoms with E-state index in [9.17, 15) is 5.11 Å². The van der Waals surface area contributed by atoms with E-state index in [-0.39, 0.29) is 0 Å². The molecule has 1 aliphatic rings. The summed E-state index contributed by atoms with van der Waals surface area (Å²) in [5.74, 6) is 0. The Bertz CT molecular complexity index is 434. The molecule has 1 unspecified atom stereocenters. The SMILES string of the molecule is CCCNCc1c(Cl)cccc1N1CCC(C)(O)C1. The molecule has 1 aromatic rings. The van der Waals surface area contributed by atoms with E-state index >= 15 is 0 Å². The molecular formula is C15H23ClN2O. The smallest absolute Gasteiger partial charge is 0.0810 e. The van der Waals surface area contributed by atoms with E-state index in [4.69, 9.17) is 11.6 Å². The molecule has 1 fully saturated rings. The summed E-state index contributed by atoms with van der Waals surface area (Å²) < 4.78 is 0. The average molecular weight is 283 g/mol. The van der Waals surface area contributed by atoms with E-state index in [1.807, 2.05) is 19.1 Å². The van der Waals surface area contributed by atoms with Crippen LogP contribution in [-0.2, 0) is 6.54 Å². The summed E-state index contributed by atoms with van der Waals surface area (Å²) in [6.07, 6.45) is 1.92. The fourth-order valence-electron chi connectivity index (χ4n) is 2.56. The third kappa shape index (κ3) is 3.62. The Morgan fingerprint density at radius 1 is 1.47 bits per heavy atom. The molecule has 0 aliphatic carbocycles. The Morgan fingerprint density at radius 3 is 2.89 bits per heavy atom. The lowest BCUT2D eigenvalue weighted by atomic mass is 10.1.